The van der Waals surface area contributed by atoms with Gasteiger partial charge in [0.15, 0.2) is 0 Å². The summed E-state index contributed by atoms with van der Waals surface area (Å²) in [7, 11) is 3.95. The van der Waals surface area contributed by atoms with Crippen LogP contribution in [0.5, 0.6) is 0 Å². The van der Waals surface area contributed by atoms with E-state index in [9.17, 15) is 4.79 Å². The van der Waals surface area contributed by atoms with Gasteiger partial charge in [-0.3, -0.25) is 4.79 Å². The molecule has 26 heavy (non-hydrogen) atoms. The maximum atomic E-state index is 12.4. The van der Waals surface area contributed by atoms with Crippen LogP contribution in [0.15, 0.2) is 66.9 Å². The summed E-state index contributed by atoms with van der Waals surface area (Å²) in [5, 5.41) is 6.17. The van der Waals surface area contributed by atoms with E-state index in [1.807, 2.05) is 80.5 Å². The predicted octanol–water partition coefficient (Wildman–Crippen LogP) is 4.45. The fraction of sp³-hybridized carbons (Fsp3) is 0.143. The molecule has 2 N–H and O–H groups in total. The molecule has 0 radical (unpaired) electrons. The number of hydrogen-bond acceptors (Lipinski definition) is 4. The topological polar surface area (TPSA) is 57.3 Å². The first-order valence-electron chi connectivity index (χ1n) is 8.40. The van der Waals surface area contributed by atoms with Gasteiger partial charge in [-0.2, -0.15) is 0 Å². The van der Waals surface area contributed by atoms with Crippen LogP contribution in [-0.4, -0.2) is 25.0 Å². The van der Waals surface area contributed by atoms with Gasteiger partial charge in [0.05, 0.1) is 11.9 Å². The summed E-state index contributed by atoms with van der Waals surface area (Å²) in [6.07, 6.45) is 1.66. The number of nitrogens with zero attached hydrogens (tertiary/aromatic N) is 2. The molecule has 0 aliphatic carbocycles. The van der Waals surface area contributed by atoms with Gasteiger partial charge in [-0.1, -0.05) is 18.2 Å². The highest BCUT2D eigenvalue weighted by Crippen LogP contribution is 2.20. The second kappa shape index (κ2) is 7.70. The van der Waals surface area contributed by atoms with Crippen molar-refractivity contribution in [1.82, 2.24) is 4.98 Å². The van der Waals surface area contributed by atoms with Crippen molar-refractivity contribution in [1.29, 1.82) is 0 Å². The molecule has 0 saturated heterocycles. The van der Waals surface area contributed by atoms with Crippen LogP contribution in [0.4, 0.5) is 22.7 Å². The second-order valence-corrected chi connectivity index (χ2v) is 6.27. The quantitative estimate of drug-likeness (QED) is 0.716. The third-order valence-corrected chi connectivity index (χ3v) is 4.06. The zero-order valence-electron chi connectivity index (χ0n) is 15.2. The zero-order chi connectivity index (χ0) is 18.5. The van der Waals surface area contributed by atoms with Crippen LogP contribution < -0.4 is 15.5 Å². The highest BCUT2D eigenvalue weighted by Gasteiger charge is 2.08. The summed E-state index contributed by atoms with van der Waals surface area (Å²) in [6, 6.07) is 19.3. The van der Waals surface area contributed by atoms with E-state index < -0.39 is 0 Å². The lowest BCUT2D eigenvalue weighted by atomic mass is 10.2. The number of benzene rings is 2. The van der Waals surface area contributed by atoms with Crippen molar-refractivity contribution in [3.05, 3.63) is 78.1 Å². The molecule has 1 amide bonds. The Balaban J connectivity index is 1.66. The lowest BCUT2D eigenvalue weighted by Gasteiger charge is -2.13. The van der Waals surface area contributed by atoms with E-state index in [0.29, 0.717) is 5.69 Å². The molecule has 0 unspecified atom stereocenters. The smallest absolute Gasteiger partial charge is 0.274 e. The van der Waals surface area contributed by atoms with Crippen LogP contribution in [0.1, 0.15) is 16.1 Å². The average molecular weight is 346 g/mol. The lowest BCUT2D eigenvalue weighted by molar-refractivity contribution is 0.102. The van der Waals surface area contributed by atoms with Crippen LogP contribution in [-0.2, 0) is 0 Å². The molecule has 5 heteroatoms. The Kier molecular flexibility index (Phi) is 5.17. The van der Waals surface area contributed by atoms with Gasteiger partial charge in [0.25, 0.3) is 5.91 Å². The van der Waals surface area contributed by atoms with E-state index in [1.165, 1.54) is 0 Å². The van der Waals surface area contributed by atoms with Crippen LogP contribution in [0.2, 0.25) is 0 Å². The number of pyridine rings is 1. The minimum Gasteiger partial charge on any atom is -0.378 e. The van der Waals surface area contributed by atoms with E-state index in [4.69, 9.17) is 0 Å². The number of hydrogen-bond donors (Lipinski definition) is 2. The Bertz CT molecular complexity index is 887. The van der Waals surface area contributed by atoms with Crippen molar-refractivity contribution in [3.63, 3.8) is 0 Å². The van der Waals surface area contributed by atoms with Gasteiger partial charge in [0.1, 0.15) is 5.69 Å². The first kappa shape index (κ1) is 17.5. The van der Waals surface area contributed by atoms with Crippen molar-refractivity contribution in [2.45, 2.75) is 6.92 Å². The molecule has 0 spiro atoms. The van der Waals surface area contributed by atoms with Crippen LogP contribution in [0.3, 0.4) is 0 Å². The molecule has 0 fully saturated rings. The number of aryl methyl sites for hydroxylation is 1. The van der Waals surface area contributed by atoms with Gasteiger partial charge in [0, 0.05) is 31.2 Å². The van der Waals surface area contributed by atoms with Crippen molar-refractivity contribution in [2.24, 2.45) is 0 Å². The van der Waals surface area contributed by atoms with Gasteiger partial charge < -0.3 is 15.5 Å². The van der Waals surface area contributed by atoms with E-state index in [0.717, 1.165) is 28.3 Å². The number of carbonyl (C=O) groups excluding carboxylic acids is 1. The van der Waals surface area contributed by atoms with Gasteiger partial charge in [-0.05, 0) is 55.0 Å². The summed E-state index contributed by atoms with van der Waals surface area (Å²) in [5.41, 5.74) is 5.20. The monoisotopic (exact) mass is 346 g/mol. The van der Waals surface area contributed by atoms with E-state index in [-0.39, 0.29) is 5.91 Å². The second-order valence-electron chi connectivity index (χ2n) is 6.27. The van der Waals surface area contributed by atoms with Crippen molar-refractivity contribution in [2.75, 3.05) is 29.6 Å². The first-order valence-corrected chi connectivity index (χ1v) is 8.40. The van der Waals surface area contributed by atoms with E-state index in [2.05, 4.69) is 15.6 Å². The van der Waals surface area contributed by atoms with Crippen molar-refractivity contribution >= 4 is 28.7 Å². The van der Waals surface area contributed by atoms with Crippen LogP contribution in [0.25, 0.3) is 0 Å². The maximum absolute atomic E-state index is 12.4. The van der Waals surface area contributed by atoms with Gasteiger partial charge in [-0.15, -0.1) is 0 Å². The van der Waals surface area contributed by atoms with Crippen LogP contribution >= 0.6 is 0 Å². The molecule has 2 aromatic carbocycles. The fourth-order valence-electron chi connectivity index (χ4n) is 2.51. The molecular formula is C21H22N4O. The summed E-state index contributed by atoms with van der Waals surface area (Å²) in [5.74, 6) is -0.231. The van der Waals surface area contributed by atoms with Crippen molar-refractivity contribution < 1.29 is 4.79 Å². The largest absolute Gasteiger partial charge is 0.378 e. The number of rotatable bonds is 5. The Morgan fingerprint density at radius 3 is 2.23 bits per heavy atom. The minimum atomic E-state index is -0.231. The normalized spacial score (nSPS) is 10.3. The van der Waals surface area contributed by atoms with E-state index >= 15 is 0 Å². The summed E-state index contributed by atoms with van der Waals surface area (Å²) in [4.78, 5) is 18.6. The maximum Gasteiger partial charge on any atom is 0.274 e. The Morgan fingerprint density at radius 2 is 1.62 bits per heavy atom. The number of aromatic nitrogens is 1. The Hall–Kier alpha value is -3.34. The van der Waals surface area contributed by atoms with Gasteiger partial charge >= 0.3 is 0 Å². The van der Waals surface area contributed by atoms with E-state index in [1.54, 1.807) is 12.3 Å². The number of amides is 1. The van der Waals surface area contributed by atoms with Gasteiger partial charge in [0.2, 0.25) is 0 Å². The number of anilines is 4. The van der Waals surface area contributed by atoms with Gasteiger partial charge in [-0.25, -0.2) is 4.98 Å². The molecule has 0 saturated carbocycles. The molecule has 3 rings (SSSR count). The molecule has 0 aliphatic heterocycles. The SMILES string of the molecule is Cc1ccccc1Nc1ccc(C(=O)Nc2ccc(N(C)C)cc2)nc1. The summed E-state index contributed by atoms with van der Waals surface area (Å²) in [6.45, 7) is 2.04. The molecule has 1 heterocycles. The Labute approximate surface area is 153 Å². The third kappa shape index (κ3) is 4.19. The predicted molar refractivity (Wildman–Crippen MR) is 107 cm³/mol. The lowest BCUT2D eigenvalue weighted by Crippen LogP contribution is -2.14. The summed E-state index contributed by atoms with van der Waals surface area (Å²) >= 11 is 0. The Morgan fingerprint density at radius 1 is 0.923 bits per heavy atom. The summed E-state index contributed by atoms with van der Waals surface area (Å²) < 4.78 is 0. The molecule has 132 valence electrons. The number of para-hydroxylation sites is 1. The molecule has 3 aromatic rings. The third-order valence-electron chi connectivity index (χ3n) is 4.06. The fourth-order valence-corrected chi connectivity index (χ4v) is 2.51. The molecule has 0 bridgehead atoms. The molecule has 0 atom stereocenters. The number of carbonyl (C=O) groups is 1. The first-order chi connectivity index (χ1) is 12.5. The molecular weight excluding hydrogens is 324 g/mol. The highest BCUT2D eigenvalue weighted by atomic mass is 16.1. The minimum absolute atomic E-state index is 0.231. The molecule has 5 nitrogen and oxygen atoms in total. The average Bonchev–Trinajstić information content (AvgIpc) is 2.64. The highest BCUT2D eigenvalue weighted by molar-refractivity contribution is 6.03. The molecule has 0 aliphatic rings. The standard InChI is InChI=1S/C21H22N4O/c1-15-6-4-5-7-19(15)23-17-10-13-20(22-14-17)21(26)24-16-8-11-18(12-9-16)25(2)3/h4-14,23H,1-3H3,(H,24,26). The zero-order valence-corrected chi connectivity index (χ0v) is 15.2. The molecule has 1 aromatic heterocycles. The van der Waals surface area contributed by atoms with Crippen molar-refractivity contribution in [3.8, 4) is 0 Å². The van der Waals surface area contributed by atoms with Crippen LogP contribution in [0, 0.1) is 6.92 Å². The number of nitrogens with one attached hydrogen (secondary N) is 2.